The van der Waals surface area contributed by atoms with Crippen LogP contribution in [-0.2, 0) is 14.3 Å². The van der Waals surface area contributed by atoms with E-state index in [0.717, 1.165) is 19.3 Å². The van der Waals surface area contributed by atoms with Gasteiger partial charge < -0.3 is 15.0 Å². The Hall–Kier alpha value is -2.37. The van der Waals surface area contributed by atoms with Gasteiger partial charge in [-0.3, -0.25) is 9.59 Å². The standard InChI is InChI=1S/C19H26N2O4/c1-3-5-8-11-21-13-14(12-17(21)22)18(23)20-16-10-7-6-9-15(16)19(24)25-4-2/h6-7,9-10,14H,3-5,8,11-13H2,1-2H3,(H,20,23). The van der Waals surface area contributed by atoms with Gasteiger partial charge in [0.05, 0.1) is 23.8 Å². The van der Waals surface area contributed by atoms with Crippen LogP contribution in [0.5, 0.6) is 0 Å². The summed E-state index contributed by atoms with van der Waals surface area (Å²) in [7, 11) is 0. The van der Waals surface area contributed by atoms with Crippen LogP contribution in [0.2, 0.25) is 0 Å². The van der Waals surface area contributed by atoms with Crippen molar-refractivity contribution in [2.45, 2.75) is 39.5 Å². The van der Waals surface area contributed by atoms with Crippen LogP contribution in [0.1, 0.15) is 49.9 Å². The van der Waals surface area contributed by atoms with Crippen molar-refractivity contribution in [2.75, 3.05) is 25.0 Å². The van der Waals surface area contributed by atoms with Crippen molar-refractivity contribution in [3.8, 4) is 0 Å². The van der Waals surface area contributed by atoms with Crippen molar-refractivity contribution in [2.24, 2.45) is 5.92 Å². The first-order valence-electron chi connectivity index (χ1n) is 8.91. The Bertz CT molecular complexity index is 630. The monoisotopic (exact) mass is 346 g/mol. The molecule has 6 nitrogen and oxygen atoms in total. The fourth-order valence-electron chi connectivity index (χ4n) is 2.93. The van der Waals surface area contributed by atoms with E-state index in [9.17, 15) is 14.4 Å². The van der Waals surface area contributed by atoms with Gasteiger partial charge in [0.1, 0.15) is 0 Å². The molecule has 2 amide bonds. The molecule has 0 saturated carbocycles. The van der Waals surface area contributed by atoms with Crippen molar-refractivity contribution in [3.05, 3.63) is 29.8 Å². The predicted molar refractivity (Wildman–Crippen MR) is 95.2 cm³/mol. The van der Waals surface area contributed by atoms with E-state index < -0.39 is 5.97 Å². The van der Waals surface area contributed by atoms with Gasteiger partial charge in [-0.15, -0.1) is 0 Å². The lowest BCUT2D eigenvalue weighted by Crippen LogP contribution is -2.29. The Labute approximate surface area is 148 Å². The molecule has 0 radical (unpaired) electrons. The van der Waals surface area contributed by atoms with Crippen LogP contribution in [0, 0.1) is 5.92 Å². The van der Waals surface area contributed by atoms with Crippen LogP contribution < -0.4 is 5.32 Å². The average molecular weight is 346 g/mol. The van der Waals surface area contributed by atoms with E-state index in [-0.39, 0.29) is 30.8 Å². The normalized spacial score (nSPS) is 16.8. The first kappa shape index (κ1) is 19.0. The molecule has 6 heteroatoms. The van der Waals surface area contributed by atoms with Gasteiger partial charge in [-0.1, -0.05) is 31.9 Å². The SMILES string of the molecule is CCCCCN1CC(C(=O)Nc2ccccc2C(=O)OCC)CC1=O. The molecule has 1 aliphatic heterocycles. The number of esters is 1. The van der Waals surface area contributed by atoms with Crippen LogP contribution in [0.4, 0.5) is 5.69 Å². The minimum atomic E-state index is -0.470. The third kappa shape index (κ3) is 5.05. The van der Waals surface area contributed by atoms with Crippen LogP contribution >= 0.6 is 0 Å². The molecule has 0 aliphatic carbocycles. The number of carbonyl (C=O) groups is 3. The zero-order valence-corrected chi connectivity index (χ0v) is 14.9. The lowest BCUT2D eigenvalue weighted by Gasteiger charge is -2.16. The average Bonchev–Trinajstić information content (AvgIpc) is 2.97. The van der Waals surface area contributed by atoms with Crippen molar-refractivity contribution >= 4 is 23.5 Å². The summed E-state index contributed by atoms with van der Waals surface area (Å²) in [5.74, 6) is -1.07. The summed E-state index contributed by atoms with van der Waals surface area (Å²) in [4.78, 5) is 38.3. The van der Waals surface area contributed by atoms with Gasteiger partial charge >= 0.3 is 5.97 Å². The molecule has 1 aromatic carbocycles. The Morgan fingerprint density at radius 2 is 2.00 bits per heavy atom. The van der Waals surface area contributed by atoms with E-state index in [1.165, 1.54) is 0 Å². The Morgan fingerprint density at radius 1 is 1.24 bits per heavy atom. The van der Waals surface area contributed by atoms with Gasteiger partial charge in [0.2, 0.25) is 11.8 Å². The van der Waals surface area contributed by atoms with Crippen LogP contribution in [0.3, 0.4) is 0 Å². The number of rotatable bonds is 8. The second-order valence-electron chi connectivity index (χ2n) is 6.20. The molecule has 136 valence electrons. The molecule has 1 aliphatic rings. The number of carbonyl (C=O) groups excluding carboxylic acids is 3. The lowest BCUT2D eigenvalue weighted by molar-refractivity contribution is -0.128. The Morgan fingerprint density at radius 3 is 2.72 bits per heavy atom. The van der Waals surface area contributed by atoms with E-state index in [4.69, 9.17) is 4.74 Å². The van der Waals surface area contributed by atoms with E-state index in [1.54, 1.807) is 36.1 Å². The van der Waals surface area contributed by atoms with Gasteiger partial charge in [0.15, 0.2) is 0 Å². The number of ether oxygens (including phenoxy) is 1. The fraction of sp³-hybridized carbons (Fsp3) is 0.526. The maximum atomic E-state index is 12.5. The number of likely N-dealkylation sites (tertiary alicyclic amines) is 1. The Balaban J connectivity index is 1.99. The van der Waals surface area contributed by atoms with Crippen molar-refractivity contribution in [3.63, 3.8) is 0 Å². The minimum Gasteiger partial charge on any atom is -0.462 e. The second-order valence-corrected chi connectivity index (χ2v) is 6.20. The molecular weight excluding hydrogens is 320 g/mol. The molecule has 1 aromatic rings. The molecular formula is C19H26N2O4. The van der Waals surface area contributed by atoms with E-state index >= 15 is 0 Å². The van der Waals surface area contributed by atoms with Crippen molar-refractivity contribution < 1.29 is 19.1 Å². The molecule has 1 heterocycles. The quantitative estimate of drug-likeness (QED) is 0.580. The summed E-state index contributed by atoms with van der Waals surface area (Å²) in [6.07, 6.45) is 3.35. The molecule has 1 N–H and O–H groups in total. The topological polar surface area (TPSA) is 75.7 Å². The number of nitrogens with one attached hydrogen (secondary N) is 1. The van der Waals surface area contributed by atoms with Gasteiger partial charge in [-0.05, 0) is 25.5 Å². The maximum absolute atomic E-state index is 12.5. The van der Waals surface area contributed by atoms with Gasteiger partial charge in [-0.2, -0.15) is 0 Å². The smallest absolute Gasteiger partial charge is 0.340 e. The number of benzene rings is 1. The number of para-hydroxylation sites is 1. The molecule has 1 saturated heterocycles. The van der Waals surface area contributed by atoms with E-state index in [2.05, 4.69) is 12.2 Å². The number of nitrogens with zero attached hydrogens (tertiary/aromatic N) is 1. The van der Waals surface area contributed by atoms with Crippen molar-refractivity contribution in [1.29, 1.82) is 0 Å². The summed E-state index contributed by atoms with van der Waals surface area (Å²) in [6.45, 7) is 5.26. The number of anilines is 1. The molecule has 1 unspecified atom stereocenters. The summed E-state index contributed by atoms with van der Waals surface area (Å²) in [5.41, 5.74) is 0.740. The first-order valence-corrected chi connectivity index (χ1v) is 8.91. The molecule has 0 aromatic heterocycles. The third-order valence-electron chi connectivity index (χ3n) is 4.30. The molecule has 0 spiro atoms. The molecule has 0 bridgehead atoms. The van der Waals surface area contributed by atoms with Crippen molar-refractivity contribution in [1.82, 2.24) is 4.90 Å². The number of unbranched alkanes of at least 4 members (excludes halogenated alkanes) is 2. The second kappa shape index (κ2) is 9.20. The van der Waals surface area contributed by atoms with Gasteiger partial charge in [0, 0.05) is 19.5 Å². The lowest BCUT2D eigenvalue weighted by atomic mass is 10.1. The molecule has 2 rings (SSSR count). The highest BCUT2D eigenvalue weighted by Gasteiger charge is 2.34. The zero-order valence-electron chi connectivity index (χ0n) is 14.9. The highest BCUT2D eigenvalue weighted by Crippen LogP contribution is 2.22. The van der Waals surface area contributed by atoms with Gasteiger partial charge in [0.25, 0.3) is 0 Å². The number of hydrogen-bond acceptors (Lipinski definition) is 4. The zero-order chi connectivity index (χ0) is 18.2. The van der Waals surface area contributed by atoms with E-state index in [0.29, 0.717) is 24.3 Å². The molecule has 25 heavy (non-hydrogen) atoms. The van der Waals surface area contributed by atoms with E-state index in [1.807, 2.05) is 0 Å². The third-order valence-corrected chi connectivity index (χ3v) is 4.30. The summed E-state index contributed by atoms with van der Waals surface area (Å²) >= 11 is 0. The maximum Gasteiger partial charge on any atom is 0.340 e. The first-order chi connectivity index (χ1) is 12.1. The highest BCUT2D eigenvalue weighted by molar-refractivity contribution is 6.03. The number of hydrogen-bond donors (Lipinski definition) is 1. The highest BCUT2D eigenvalue weighted by atomic mass is 16.5. The molecule has 1 fully saturated rings. The fourth-order valence-corrected chi connectivity index (χ4v) is 2.93. The summed E-state index contributed by atoms with van der Waals surface area (Å²) < 4.78 is 5.01. The number of amides is 2. The van der Waals surface area contributed by atoms with Crippen LogP contribution in [-0.4, -0.2) is 42.4 Å². The van der Waals surface area contributed by atoms with Gasteiger partial charge in [-0.25, -0.2) is 4.79 Å². The largest absolute Gasteiger partial charge is 0.462 e. The van der Waals surface area contributed by atoms with Crippen LogP contribution in [0.15, 0.2) is 24.3 Å². The summed E-state index contributed by atoms with van der Waals surface area (Å²) in [6, 6.07) is 6.75. The van der Waals surface area contributed by atoms with Crippen LogP contribution in [0.25, 0.3) is 0 Å². The predicted octanol–water partition coefficient (Wildman–Crippen LogP) is 2.84. The Kier molecular flexibility index (Phi) is 6.98. The summed E-state index contributed by atoms with van der Waals surface area (Å²) in [5, 5.41) is 2.78. The minimum absolute atomic E-state index is 0.0231. The molecule has 1 atom stereocenters.